The molecular weight excluding hydrogens is 641 g/mol. The van der Waals surface area contributed by atoms with E-state index >= 15 is 0 Å². The fourth-order valence-corrected chi connectivity index (χ4v) is 11.5. The van der Waals surface area contributed by atoms with Crippen molar-refractivity contribution in [3.63, 3.8) is 0 Å². The minimum atomic E-state index is -3.88. The van der Waals surface area contributed by atoms with Crippen LogP contribution in [0.2, 0.25) is 14.8 Å². The Morgan fingerprint density at radius 3 is 2.02 bits per heavy atom. The van der Waals surface area contributed by atoms with Crippen LogP contribution in [0, 0.1) is 12.8 Å². The van der Waals surface area contributed by atoms with Crippen molar-refractivity contribution in [2.75, 3.05) is 6.54 Å². The third-order valence-corrected chi connectivity index (χ3v) is 16.6. The van der Waals surface area contributed by atoms with Crippen LogP contribution in [0.5, 0.6) is 0 Å². The topological polar surface area (TPSA) is 86.8 Å². The molecular formula is C32H37N3O4SSn. The number of fused-ring (bicyclic) bond motifs is 1. The molecule has 1 saturated heterocycles. The quantitative estimate of drug-likeness (QED) is 0.248. The van der Waals surface area contributed by atoms with Gasteiger partial charge in [0.05, 0.1) is 0 Å². The van der Waals surface area contributed by atoms with Gasteiger partial charge in [0.1, 0.15) is 0 Å². The second-order valence-corrected chi connectivity index (χ2v) is 28.6. The molecule has 3 aromatic rings. The van der Waals surface area contributed by atoms with Crippen molar-refractivity contribution in [3.8, 4) is 0 Å². The molecule has 0 radical (unpaired) electrons. The average molecular weight is 678 g/mol. The summed E-state index contributed by atoms with van der Waals surface area (Å²) in [6, 6.07) is 22.8. The molecule has 2 aliphatic heterocycles. The van der Waals surface area contributed by atoms with Crippen LogP contribution in [0.1, 0.15) is 38.3 Å². The van der Waals surface area contributed by atoms with Gasteiger partial charge in [-0.25, -0.2) is 0 Å². The number of hydrazine groups is 1. The number of rotatable bonds is 9. The molecule has 5 rings (SSSR count). The molecule has 0 bridgehead atoms. The first kappa shape index (κ1) is 29.7. The SMILES string of the molecule is C=[C]([C@@H]1[C@H](NN2C(=O)c3ccccc3C2=O)CN(S(=O)(=O)c2ccc(C)cc2)[C@H]1CCc1ccccc1)[Sn]([CH3])([CH3])[CH3]. The van der Waals surface area contributed by atoms with Crippen LogP contribution in [0.15, 0.2) is 93.9 Å². The fourth-order valence-electron chi connectivity index (χ4n) is 5.86. The first-order chi connectivity index (χ1) is 19.4. The van der Waals surface area contributed by atoms with Crippen LogP contribution in [-0.4, -0.2) is 66.6 Å². The van der Waals surface area contributed by atoms with Crippen molar-refractivity contribution in [1.29, 1.82) is 0 Å². The van der Waals surface area contributed by atoms with E-state index < -0.39 is 52.3 Å². The Morgan fingerprint density at radius 1 is 0.902 bits per heavy atom. The molecule has 1 fully saturated rings. The van der Waals surface area contributed by atoms with Crippen LogP contribution in [0.25, 0.3) is 0 Å². The molecule has 7 nitrogen and oxygen atoms in total. The van der Waals surface area contributed by atoms with Crippen molar-refractivity contribution in [3.05, 3.63) is 111 Å². The molecule has 214 valence electrons. The molecule has 0 saturated carbocycles. The second-order valence-electron chi connectivity index (χ2n) is 12.0. The summed E-state index contributed by atoms with van der Waals surface area (Å²) >= 11 is -2.83. The van der Waals surface area contributed by atoms with Crippen LogP contribution < -0.4 is 5.43 Å². The Balaban J connectivity index is 1.55. The van der Waals surface area contributed by atoms with Gasteiger partial charge in [0.25, 0.3) is 0 Å². The van der Waals surface area contributed by atoms with E-state index in [0.717, 1.165) is 19.7 Å². The van der Waals surface area contributed by atoms with Crippen LogP contribution in [0.4, 0.5) is 0 Å². The number of aryl methyl sites for hydroxylation is 2. The molecule has 9 heteroatoms. The van der Waals surface area contributed by atoms with E-state index in [9.17, 15) is 18.0 Å². The van der Waals surface area contributed by atoms with Crippen molar-refractivity contribution in [2.45, 2.75) is 51.6 Å². The van der Waals surface area contributed by atoms with Gasteiger partial charge >= 0.3 is 248 Å². The van der Waals surface area contributed by atoms with Gasteiger partial charge in [-0.1, -0.05) is 0 Å². The molecule has 2 aliphatic rings. The average Bonchev–Trinajstić information content (AvgIpc) is 3.43. The number of nitrogens with zero attached hydrogens (tertiary/aromatic N) is 2. The van der Waals surface area contributed by atoms with E-state index in [4.69, 9.17) is 0 Å². The van der Waals surface area contributed by atoms with Gasteiger partial charge in [-0.3, -0.25) is 0 Å². The maximum absolute atomic E-state index is 14.2. The summed E-state index contributed by atoms with van der Waals surface area (Å²) in [5.41, 5.74) is 6.01. The number of imide groups is 1. The van der Waals surface area contributed by atoms with Gasteiger partial charge < -0.3 is 0 Å². The molecule has 0 aliphatic carbocycles. The molecule has 2 heterocycles. The van der Waals surface area contributed by atoms with Crippen LogP contribution >= 0.6 is 0 Å². The Kier molecular flexibility index (Phi) is 8.31. The number of amides is 2. The molecule has 0 aromatic heterocycles. The van der Waals surface area contributed by atoms with Crippen LogP contribution in [0.3, 0.4) is 0 Å². The number of carbonyl (C=O) groups is 2. The molecule has 41 heavy (non-hydrogen) atoms. The summed E-state index contributed by atoms with van der Waals surface area (Å²) < 4.78 is 31.1. The summed E-state index contributed by atoms with van der Waals surface area (Å²) in [4.78, 5) is 33.6. The van der Waals surface area contributed by atoms with Gasteiger partial charge in [0.15, 0.2) is 0 Å². The molecule has 2 amide bonds. The van der Waals surface area contributed by atoms with Crippen molar-refractivity contribution in [1.82, 2.24) is 14.7 Å². The summed E-state index contributed by atoms with van der Waals surface area (Å²) in [6.45, 7) is 6.60. The van der Waals surface area contributed by atoms with Gasteiger partial charge in [-0.2, -0.15) is 0 Å². The van der Waals surface area contributed by atoms with E-state index in [0.29, 0.717) is 24.0 Å². The Morgan fingerprint density at radius 2 is 1.46 bits per heavy atom. The molecule has 0 unspecified atom stereocenters. The van der Waals surface area contributed by atoms with Crippen molar-refractivity contribution < 1.29 is 18.0 Å². The predicted octanol–water partition coefficient (Wildman–Crippen LogP) is 5.22. The standard InChI is InChI=1S/C29H28N3O4S.3CH3.Sn/c1-3-23-26(30-32-28(33)24-11-7-8-12-25(24)29(32)34)19-31(27(23)18-15-21-9-5-4-6-10-21)37(35,36)22-16-13-20(2)14-17-22;;;;/h4-14,16-17,23,26-27,30H,1,15,18-19H2,2H3;3*1H3;/t23-,26-,27+;;;;/m1..../s1. The van der Waals surface area contributed by atoms with E-state index in [1.165, 1.54) is 0 Å². The zero-order chi connectivity index (χ0) is 29.5. The normalized spacial score (nSPS) is 21.4. The zero-order valence-corrected chi connectivity index (χ0v) is 27.7. The minimum absolute atomic E-state index is 0.120. The van der Waals surface area contributed by atoms with Gasteiger partial charge in [-0.15, -0.1) is 0 Å². The van der Waals surface area contributed by atoms with E-state index in [-0.39, 0.29) is 17.4 Å². The summed E-state index contributed by atoms with van der Waals surface area (Å²) in [7, 11) is -3.88. The predicted molar refractivity (Wildman–Crippen MR) is 163 cm³/mol. The number of hydrogen-bond donors (Lipinski definition) is 1. The number of hydrogen-bond acceptors (Lipinski definition) is 5. The summed E-state index contributed by atoms with van der Waals surface area (Å²) in [5, 5.41) is 1.07. The van der Waals surface area contributed by atoms with Crippen molar-refractivity contribution >= 4 is 40.2 Å². The van der Waals surface area contributed by atoms with E-state index in [2.05, 4.69) is 39.0 Å². The van der Waals surface area contributed by atoms with E-state index in [1.54, 1.807) is 52.8 Å². The fraction of sp³-hybridized carbons (Fsp3) is 0.312. The monoisotopic (exact) mass is 679 g/mol. The number of nitrogens with one attached hydrogen (secondary N) is 1. The third kappa shape index (κ3) is 5.80. The molecule has 3 atom stereocenters. The first-order valence-electron chi connectivity index (χ1n) is 14.0. The van der Waals surface area contributed by atoms with E-state index in [1.807, 2.05) is 25.1 Å². The second kappa shape index (κ2) is 11.5. The van der Waals surface area contributed by atoms with Gasteiger partial charge in [0.2, 0.25) is 0 Å². The summed E-state index contributed by atoms with van der Waals surface area (Å²) in [6.07, 6.45) is 1.27. The molecule has 0 spiro atoms. The first-order valence-corrected chi connectivity index (χ1v) is 25.4. The maximum atomic E-state index is 14.2. The third-order valence-electron chi connectivity index (χ3n) is 8.25. The Hall–Kier alpha value is -2.79. The zero-order valence-electron chi connectivity index (χ0n) is 24.0. The number of benzene rings is 3. The summed E-state index contributed by atoms with van der Waals surface area (Å²) in [5.74, 6) is -1.11. The van der Waals surface area contributed by atoms with Gasteiger partial charge in [0, 0.05) is 0 Å². The van der Waals surface area contributed by atoms with Crippen molar-refractivity contribution in [2.24, 2.45) is 5.92 Å². The Labute approximate surface area is 247 Å². The molecule has 3 aromatic carbocycles. The number of carbonyl (C=O) groups excluding carboxylic acids is 2. The number of sulfonamides is 1. The molecule has 1 N–H and O–H groups in total. The van der Waals surface area contributed by atoms with Crippen LogP contribution in [-0.2, 0) is 16.4 Å². The van der Waals surface area contributed by atoms with Gasteiger partial charge in [-0.05, 0) is 0 Å². The Bertz CT molecular complexity index is 1550.